The van der Waals surface area contributed by atoms with Gasteiger partial charge in [0.2, 0.25) is 0 Å². The van der Waals surface area contributed by atoms with Crippen molar-refractivity contribution in [2.45, 2.75) is 45.8 Å². The van der Waals surface area contributed by atoms with E-state index in [1.807, 2.05) is 19.9 Å². The van der Waals surface area contributed by atoms with Crippen molar-refractivity contribution in [3.8, 4) is 6.01 Å². The summed E-state index contributed by atoms with van der Waals surface area (Å²) in [7, 11) is 1.55. The summed E-state index contributed by atoms with van der Waals surface area (Å²) in [6, 6.07) is 9.14. The summed E-state index contributed by atoms with van der Waals surface area (Å²) in [6.45, 7) is 5.33. The first-order valence-corrected chi connectivity index (χ1v) is 11.1. The summed E-state index contributed by atoms with van der Waals surface area (Å²) in [5, 5.41) is 3.38. The van der Waals surface area contributed by atoms with E-state index in [2.05, 4.69) is 10.3 Å². The third kappa shape index (κ3) is 4.68. The first-order valence-electron chi connectivity index (χ1n) is 11.1. The highest BCUT2D eigenvalue weighted by molar-refractivity contribution is 5.95. The molecule has 1 aliphatic rings. The average molecular weight is 452 g/mol. The van der Waals surface area contributed by atoms with Gasteiger partial charge >= 0.3 is 5.69 Å². The predicted molar refractivity (Wildman–Crippen MR) is 126 cm³/mol. The number of nitrogens with zero attached hydrogens (tertiary/aromatic N) is 4. The normalized spacial score (nSPS) is 15.7. The van der Waals surface area contributed by atoms with Crippen LogP contribution in [0.2, 0.25) is 0 Å². The third-order valence-corrected chi connectivity index (χ3v) is 5.85. The zero-order valence-corrected chi connectivity index (χ0v) is 19.2. The minimum atomic E-state index is -0.590. The number of allylic oxidation sites excluding steroid dienone is 2. The fourth-order valence-corrected chi connectivity index (χ4v) is 3.98. The summed E-state index contributed by atoms with van der Waals surface area (Å²) in [5.41, 5.74) is 0.852. The van der Waals surface area contributed by atoms with Crippen LogP contribution < -0.4 is 21.3 Å². The van der Waals surface area contributed by atoms with E-state index in [0.717, 1.165) is 29.5 Å². The molecule has 3 aromatic rings. The predicted octanol–water partition coefficient (Wildman–Crippen LogP) is 1.88. The van der Waals surface area contributed by atoms with Crippen LogP contribution in [0.15, 0.2) is 51.6 Å². The maximum Gasteiger partial charge on any atom is 0.332 e. The van der Waals surface area contributed by atoms with Gasteiger partial charge in [-0.2, -0.15) is 4.98 Å². The first-order chi connectivity index (χ1) is 15.9. The molecule has 1 fully saturated rings. The number of benzene rings is 1. The van der Waals surface area contributed by atoms with Crippen molar-refractivity contribution >= 4 is 16.9 Å². The Kier molecular flexibility index (Phi) is 6.60. The number of carbonyl (C=O) groups is 1. The number of aromatic nitrogens is 4. The average Bonchev–Trinajstić information content (AvgIpc) is 3.46. The molecule has 1 N–H and O–H groups in total. The van der Waals surface area contributed by atoms with Gasteiger partial charge in [-0.25, -0.2) is 4.79 Å². The van der Waals surface area contributed by atoms with Gasteiger partial charge in [0.05, 0.1) is 6.54 Å². The number of rotatable bonds is 8. The van der Waals surface area contributed by atoms with Crippen molar-refractivity contribution in [1.82, 2.24) is 24.0 Å². The molecule has 0 saturated carbocycles. The SMILES string of the molecule is CC(C)=CCn1c(OC[C@H]2CCCN2)nc2c1c(=O)n(CC(=O)c1ccccc1)c(=O)n2C. The molecule has 0 aliphatic carbocycles. The molecule has 4 rings (SSSR count). The molecule has 9 nitrogen and oxygen atoms in total. The lowest BCUT2D eigenvalue weighted by Gasteiger charge is -2.13. The maximum atomic E-state index is 13.5. The largest absolute Gasteiger partial charge is 0.463 e. The molecule has 0 spiro atoms. The second-order valence-electron chi connectivity index (χ2n) is 8.59. The Morgan fingerprint density at radius 2 is 1.97 bits per heavy atom. The number of ketones is 1. The monoisotopic (exact) mass is 451 g/mol. The van der Waals surface area contributed by atoms with Crippen LogP contribution >= 0.6 is 0 Å². The van der Waals surface area contributed by atoms with Gasteiger partial charge in [0.15, 0.2) is 16.9 Å². The number of imidazole rings is 1. The second kappa shape index (κ2) is 9.58. The zero-order chi connectivity index (χ0) is 23.5. The van der Waals surface area contributed by atoms with E-state index >= 15 is 0 Å². The summed E-state index contributed by atoms with van der Waals surface area (Å²) in [5.74, 6) is -0.312. The summed E-state index contributed by atoms with van der Waals surface area (Å²) in [6.07, 6.45) is 4.07. The molecule has 0 amide bonds. The zero-order valence-electron chi connectivity index (χ0n) is 19.2. The lowest BCUT2D eigenvalue weighted by molar-refractivity contribution is 0.0969. The van der Waals surface area contributed by atoms with Gasteiger partial charge in [0, 0.05) is 25.2 Å². The second-order valence-corrected chi connectivity index (χ2v) is 8.59. The molecule has 0 radical (unpaired) electrons. The van der Waals surface area contributed by atoms with Crippen LogP contribution in [-0.4, -0.2) is 43.7 Å². The van der Waals surface area contributed by atoms with Gasteiger partial charge in [-0.3, -0.25) is 23.3 Å². The van der Waals surface area contributed by atoms with E-state index in [1.165, 1.54) is 4.57 Å². The summed E-state index contributed by atoms with van der Waals surface area (Å²) >= 11 is 0. The molecular weight excluding hydrogens is 422 g/mol. The van der Waals surface area contributed by atoms with Gasteiger partial charge in [-0.05, 0) is 33.2 Å². The lowest BCUT2D eigenvalue weighted by Crippen LogP contribution is -2.41. The number of aryl methyl sites for hydroxylation is 1. The van der Waals surface area contributed by atoms with Crippen molar-refractivity contribution in [3.63, 3.8) is 0 Å². The van der Waals surface area contributed by atoms with Gasteiger partial charge in [0.1, 0.15) is 6.61 Å². The van der Waals surface area contributed by atoms with Gasteiger partial charge < -0.3 is 10.1 Å². The van der Waals surface area contributed by atoms with Gasteiger partial charge in [-0.1, -0.05) is 42.0 Å². The molecule has 1 saturated heterocycles. The Hall–Kier alpha value is -3.46. The number of fused-ring (bicyclic) bond motifs is 1. The number of nitrogens with one attached hydrogen (secondary N) is 1. The smallest absolute Gasteiger partial charge is 0.332 e. The Balaban J connectivity index is 1.79. The third-order valence-electron chi connectivity index (χ3n) is 5.85. The van der Waals surface area contributed by atoms with E-state index in [0.29, 0.717) is 18.7 Å². The van der Waals surface area contributed by atoms with Crippen molar-refractivity contribution in [1.29, 1.82) is 0 Å². The molecule has 9 heteroatoms. The highest BCUT2D eigenvalue weighted by atomic mass is 16.5. The van der Waals surface area contributed by atoms with Crippen LogP contribution in [0.3, 0.4) is 0 Å². The molecular formula is C24H29N5O4. The Labute approximate surface area is 191 Å². The van der Waals surface area contributed by atoms with E-state index in [1.54, 1.807) is 41.9 Å². The summed E-state index contributed by atoms with van der Waals surface area (Å²) in [4.78, 5) is 43.7. The first kappa shape index (κ1) is 22.7. The van der Waals surface area contributed by atoms with Crippen LogP contribution in [0.4, 0.5) is 0 Å². The standard InChI is InChI=1S/C24H29N5O4/c1-16(2)11-13-28-20-21(26-23(28)33-15-18-10-7-12-25-18)27(3)24(32)29(22(20)31)14-19(30)17-8-5-4-6-9-17/h4-6,8-9,11,18,25H,7,10,12-15H2,1-3H3/t18-/m1/s1. The van der Waals surface area contributed by atoms with E-state index in [4.69, 9.17) is 4.74 Å². The number of ether oxygens (including phenoxy) is 1. The van der Waals surface area contributed by atoms with E-state index < -0.39 is 11.2 Å². The molecule has 174 valence electrons. The Morgan fingerprint density at radius 3 is 2.64 bits per heavy atom. The molecule has 3 heterocycles. The maximum absolute atomic E-state index is 13.5. The minimum Gasteiger partial charge on any atom is -0.463 e. The quantitative estimate of drug-likeness (QED) is 0.415. The Morgan fingerprint density at radius 1 is 1.21 bits per heavy atom. The van der Waals surface area contributed by atoms with Crippen LogP contribution in [0, 0.1) is 0 Å². The van der Waals surface area contributed by atoms with Crippen LogP contribution in [0.5, 0.6) is 6.01 Å². The molecule has 1 atom stereocenters. The van der Waals surface area contributed by atoms with E-state index in [9.17, 15) is 14.4 Å². The molecule has 1 aliphatic heterocycles. The highest BCUT2D eigenvalue weighted by Crippen LogP contribution is 2.19. The van der Waals surface area contributed by atoms with Crippen molar-refractivity contribution in [3.05, 3.63) is 68.4 Å². The lowest BCUT2D eigenvalue weighted by atomic mass is 10.1. The van der Waals surface area contributed by atoms with E-state index in [-0.39, 0.29) is 35.5 Å². The molecule has 2 aromatic heterocycles. The number of hydrogen-bond acceptors (Lipinski definition) is 6. The number of carbonyl (C=O) groups excluding carboxylic acids is 1. The number of Topliss-reactive ketones (excluding diaryl/α,β-unsaturated/α-hetero) is 1. The van der Waals surface area contributed by atoms with Gasteiger partial charge in [0.25, 0.3) is 11.6 Å². The van der Waals surface area contributed by atoms with Crippen molar-refractivity contribution in [2.75, 3.05) is 13.2 Å². The molecule has 0 bridgehead atoms. The highest BCUT2D eigenvalue weighted by Gasteiger charge is 2.23. The minimum absolute atomic E-state index is 0.227. The summed E-state index contributed by atoms with van der Waals surface area (Å²) < 4.78 is 9.96. The fraction of sp³-hybridized carbons (Fsp3) is 0.417. The van der Waals surface area contributed by atoms with Crippen molar-refractivity contribution < 1.29 is 9.53 Å². The molecule has 0 unspecified atom stereocenters. The molecule has 1 aromatic carbocycles. The van der Waals surface area contributed by atoms with Crippen LogP contribution in [0.1, 0.15) is 37.0 Å². The topological polar surface area (TPSA) is 100 Å². The van der Waals surface area contributed by atoms with Crippen LogP contribution in [-0.2, 0) is 20.1 Å². The fourth-order valence-electron chi connectivity index (χ4n) is 3.98. The number of hydrogen-bond donors (Lipinski definition) is 1. The van der Waals surface area contributed by atoms with Crippen LogP contribution in [0.25, 0.3) is 11.2 Å². The Bertz CT molecular complexity index is 1310. The van der Waals surface area contributed by atoms with Crippen molar-refractivity contribution in [2.24, 2.45) is 7.05 Å². The van der Waals surface area contributed by atoms with Gasteiger partial charge in [-0.15, -0.1) is 0 Å². The molecule has 33 heavy (non-hydrogen) atoms.